The van der Waals surface area contributed by atoms with Gasteiger partial charge in [-0.2, -0.15) is 0 Å². The lowest BCUT2D eigenvalue weighted by Crippen LogP contribution is -2.37. The zero-order valence-electron chi connectivity index (χ0n) is 11.0. The van der Waals surface area contributed by atoms with Crippen LogP contribution in [-0.4, -0.2) is 11.6 Å². The Balaban J connectivity index is 2.03. The predicted molar refractivity (Wildman–Crippen MR) is 72.1 cm³/mol. The van der Waals surface area contributed by atoms with Gasteiger partial charge in [-0.3, -0.25) is 9.59 Å². The van der Waals surface area contributed by atoms with Crippen molar-refractivity contribution in [3.8, 4) is 0 Å². The first kappa shape index (κ1) is 11.2. The molecule has 0 saturated heterocycles. The quantitative estimate of drug-likeness (QED) is 0.710. The van der Waals surface area contributed by atoms with E-state index < -0.39 is 0 Å². The van der Waals surface area contributed by atoms with E-state index in [0.29, 0.717) is 12.2 Å². The van der Waals surface area contributed by atoms with E-state index in [1.54, 1.807) is 0 Å². The third-order valence-corrected chi connectivity index (χ3v) is 5.36. The van der Waals surface area contributed by atoms with Crippen molar-refractivity contribution in [1.29, 1.82) is 0 Å². The lowest BCUT2D eigenvalue weighted by atomic mass is 9.64. The number of Topliss-reactive ketones (excluding diaryl/α,β-unsaturated/α-hetero) is 2. The normalized spacial score (nSPS) is 30.7. The molecule has 0 bridgehead atoms. The highest BCUT2D eigenvalue weighted by Gasteiger charge is 2.67. The number of rotatable bonds is 0. The van der Waals surface area contributed by atoms with Crippen LogP contribution in [0.4, 0.5) is 0 Å². The van der Waals surface area contributed by atoms with Crippen LogP contribution in [0.2, 0.25) is 0 Å². The van der Waals surface area contributed by atoms with Gasteiger partial charge in [-0.05, 0) is 37.3 Å². The van der Waals surface area contributed by atoms with Crippen molar-refractivity contribution in [1.82, 2.24) is 0 Å². The molecule has 2 heteroatoms. The van der Waals surface area contributed by atoms with Crippen LogP contribution in [0.25, 0.3) is 0 Å². The van der Waals surface area contributed by atoms with Crippen LogP contribution in [0.3, 0.4) is 0 Å². The highest BCUT2D eigenvalue weighted by molar-refractivity contribution is 6.12. The monoisotopic (exact) mass is 252 g/mol. The minimum Gasteiger partial charge on any atom is -0.299 e. The molecule has 3 aliphatic rings. The fourth-order valence-electron chi connectivity index (χ4n) is 4.29. The zero-order valence-corrected chi connectivity index (χ0v) is 11.0. The summed E-state index contributed by atoms with van der Waals surface area (Å²) in [6.07, 6.45) is 5.60. The topological polar surface area (TPSA) is 34.1 Å². The van der Waals surface area contributed by atoms with Gasteiger partial charge < -0.3 is 0 Å². The van der Waals surface area contributed by atoms with Gasteiger partial charge in [0, 0.05) is 22.8 Å². The molecule has 1 aromatic rings. The van der Waals surface area contributed by atoms with Crippen LogP contribution in [0, 0.1) is 5.41 Å². The van der Waals surface area contributed by atoms with Crippen LogP contribution < -0.4 is 0 Å². The molecule has 2 spiro atoms. The van der Waals surface area contributed by atoms with Gasteiger partial charge in [-0.25, -0.2) is 0 Å². The number of benzene rings is 1. The van der Waals surface area contributed by atoms with Gasteiger partial charge >= 0.3 is 0 Å². The van der Waals surface area contributed by atoms with Crippen LogP contribution in [-0.2, 0) is 10.2 Å². The van der Waals surface area contributed by atoms with Gasteiger partial charge in [0.2, 0.25) is 0 Å². The van der Waals surface area contributed by atoms with Crippen LogP contribution >= 0.6 is 0 Å². The Labute approximate surface area is 112 Å². The molecule has 2 fully saturated rings. The summed E-state index contributed by atoms with van der Waals surface area (Å²) in [4.78, 5) is 24.6. The Morgan fingerprint density at radius 1 is 1.05 bits per heavy atom. The van der Waals surface area contributed by atoms with Gasteiger partial charge in [-0.1, -0.05) is 30.3 Å². The number of ketones is 2. The predicted octanol–water partition coefficient (Wildman–Crippen LogP) is 3.21. The molecular weight excluding hydrogens is 236 g/mol. The molecule has 0 aliphatic heterocycles. The molecule has 1 aromatic carbocycles. The number of carbonyl (C=O) groups excluding carboxylic acids is 2. The van der Waals surface area contributed by atoms with Crippen LogP contribution in [0.5, 0.6) is 0 Å². The fourth-order valence-corrected chi connectivity index (χ4v) is 4.29. The van der Waals surface area contributed by atoms with E-state index in [1.165, 1.54) is 0 Å². The first-order chi connectivity index (χ1) is 9.11. The van der Waals surface area contributed by atoms with Crippen molar-refractivity contribution in [3.63, 3.8) is 0 Å². The summed E-state index contributed by atoms with van der Waals surface area (Å²) in [5.74, 6) is 0.525. The van der Waals surface area contributed by atoms with Gasteiger partial charge in [0.05, 0.1) is 0 Å². The lowest BCUT2D eigenvalue weighted by Gasteiger charge is -2.37. The van der Waals surface area contributed by atoms with Gasteiger partial charge in [0.1, 0.15) is 5.78 Å². The van der Waals surface area contributed by atoms with Crippen molar-refractivity contribution < 1.29 is 9.59 Å². The molecule has 1 atom stereocenters. The first-order valence-electron chi connectivity index (χ1n) is 6.98. The molecule has 96 valence electrons. The molecule has 2 nitrogen and oxygen atoms in total. The van der Waals surface area contributed by atoms with E-state index in [9.17, 15) is 9.59 Å². The largest absolute Gasteiger partial charge is 0.299 e. The van der Waals surface area contributed by atoms with E-state index in [1.807, 2.05) is 25.1 Å². The Bertz CT molecular complexity index is 649. The highest BCUT2D eigenvalue weighted by atomic mass is 16.1. The van der Waals surface area contributed by atoms with Crippen molar-refractivity contribution in [2.24, 2.45) is 5.41 Å². The molecule has 0 N–H and O–H groups in total. The van der Waals surface area contributed by atoms with Gasteiger partial charge in [0.15, 0.2) is 5.78 Å². The zero-order chi connectivity index (χ0) is 13.3. The summed E-state index contributed by atoms with van der Waals surface area (Å²) in [5, 5.41) is 0. The molecule has 0 radical (unpaired) electrons. The summed E-state index contributed by atoms with van der Waals surface area (Å²) in [7, 11) is 0. The molecule has 4 rings (SSSR count). The Morgan fingerprint density at radius 3 is 2.53 bits per heavy atom. The second kappa shape index (κ2) is 3.24. The van der Waals surface area contributed by atoms with E-state index in [-0.39, 0.29) is 16.6 Å². The lowest BCUT2D eigenvalue weighted by molar-refractivity contribution is -0.122. The second-order valence-corrected chi connectivity index (χ2v) is 6.18. The molecule has 0 amide bonds. The standard InChI is InChI=1S/C17H16O2/c1-11-10-17(7-6-14(18)16(17)8-9-16)13-5-3-2-4-12(13)15(11)19/h2-5,10H,6-9H2,1H3. The summed E-state index contributed by atoms with van der Waals surface area (Å²) < 4.78 is 0. The molecule has 19 heavy (non-hydrogen) atoms. The number of carbonyl (C=O) groups is 2. The van der Waals surface area contributed by atoms with Crippen LogP contribution in [0.15, 0.2) is 35.9 Å². The third kappa shape index (κ3) is 1.13. The molecule has 0 aromatic heterocycles. The van der Waals surface area contributed by atoms with Gasteiger partial charge in [-0.15, -0.1) is 0 Å². The van der Waals surface area contributed by atoms with E-state index in [2.05, 4.69) is 12.1 Å². The third-order valence-electron chi connectivity index (χ3n) is 5.36. The van der Waals surface area contributed by atoms with Crippen molar-refractivity contribution >= 4 is 11.6 Å². The maximum atomic E-state index is 12.3. The van der Waals surface area contributed by atoms with E-state index in [0.717, 1.165) is 36.0 Å². The number of fused-ring (bicyclic) bond motifs is 3. The van der Waals surface area contributed by atoms with Crippen LogP contribution in [0.1, 0.15) is 48.5 Å². The van der Waals surface area contributed by atoms with Gasteiger partial charge in [0.25, 0.3) is 0 Å². The smallest absolute Gasteiger partial charge is 0.188 e. The average Bonchev–Trinajstić information content (AvgIpc) is 3.18. The van der Waals surface area contributed by atoms with Crippen molar-refractivity contribution in [2.45, 2.75) is 38.0 Å². The highest BCUT2D eigenvalue weighted by Crippen LogP contribution is 2.68. The number of allylic oxidation sites excluding steroid dienone is 2. The molecule has 3 aliphatic carbocycles. The van der Waals surface area contributed by atoms with Crippen molar-refractivity contribution in [2.75, 3.05) is 0 Å². The number of hydrogen-bond acceptors (Lipinski definition) is 2. The molecule has 0 heterocycles. The minimum absolute atomic E-state index is 0.122. The summed E-state index contributed by atoms with van der Waals surface area (Å²) in [5.41, 5.74) is 2.32. The maximum absolute atomic E-state index is 12.3. The minimum atomic E-state index is -0.196. The summed E-state index contributed by atoms with van der Waals surface area (Å²) >= 11 is 0. The molecule has 1 unspecified atom stereocenters. The maximum Gasteiger partial charge on any atom is 0.188 e. The molecular formula is C17H16O2. The SMILES string of the molecule is CC1=CC2(CCC(=O)C23CC3)c2ccccc2C1=O. The Morgan fingerprint density at radius 2 is 1.79 bits per heavy atom. The summed E-state index contributed by atoms with van der Waals surface area (Å²) in [6.45, 7) is 1.89. The Kier molecular flexibility index (Phi) is 1.90. The second-order valence-electron chi connectivity index (χ2n) is 6.18. The fraction of sp³-hybridized carbons (Fsp3) is 0.412. The van der Waals surface area contributed by atoms with E-state index >= 15 is 0 Å². The first-order valence-corrected chi connectivity index (χ1v) is 6.98. The Hall–Kier alpha value is -1.70. The van der Waals surface area contributed by atoms with E-state index in [4.69, 9.17) is 0 Å². The average molecular weight is 252 g/mol. The number of hydrogen-bond donors (Lipinski definition) is 0. The van der Waals surface area contributed by atoms with Crippen molar-refractivity contribution in [3.05, 3.63) is 47.0 Å². The molecule has 2 saturated carbocycles. The summed E-state index contributed by atoms with van der Waals surface area (Å²) in [6, 6.07) is 7.87.